The van der Waals surface area contributed by atoms with E-state index in [9.17, 15) is 13.2 Å². The molecule has 8 heteroatoms. The summed E-state index contributed by atoms with van der Waals surface area (Å²) in [6, 6.07) is 1.37. The maximum Gasteiger partial charge on any atom is 0.337 e. The molecule has 0 saturated carbocycles. The zero-order valence-electron chi connectivity index (χ0n) is 10.6. The first kappa shape index (κ1) is 13.5. The summed E-state index contributed by atoms with van der Waals surface area (Å²) in [7, 11) is -3.37. The molecular weight excluding hydrogens is 270 g/mol. The summed E-state index contributed by atoms with van der Waals surface area (Å²) >= 11 is 0. The van der Waals surface area contributed by atoms with Crippen molar-refractivity contribution in [2.24, 2.45) is 0 Å². The third-order valence-corrected chi connectivity index (χ3v) is 5.13. The fourth-order valence-electron chi connectivity index (χ4n) is 1.48. The van der Waals surface area contributed by atoms with Gasteiger partial charge in [0.15, 0.2) is 15.5 Å². The van der Waals surface area contributed by atoms with Gasteiger partial charge in [-0.1, -0.05) is 0 Å². The van der Waals surface area contributed by atoms with Crippen molar-refractivity contribution < 1.29 is 18.3 Å². The largest absolute Gasteiger partial charge is 0.478 e. The van der Waals surface area contributed by atoms with E-state index < -0.39 is 20.6 Å². The number of hydrogen-bond donors (Lipinski definition) is 2. The number of imidazole rings is 1. The highest BCUT2D eigenvalue weighted by Crippen LogP contribution is 2.27. The molecule has 0 fully saturated rings. The summed E-state index contributed by atoms with van der Waals surface area (Å²) in [5, 5.41) is 8.87. The molecule has 0 unspecified atom stereocenters. The monoisotopic (exact) mass is 283 g/mol. The number of rotatable bonds is 3. The Morgan fingerprint density at radius 3 is 2.58 bits per heavy atom. The number of pyridine rings is 1. The SMILES string of the molecule is CC(C)(c1nc2ncc(C(=O)O)cc2[nH]1)S(C)(=O)=O. The first-order chi connectivity index (χ1) is 8.63. The van der Waals surface area contributed by atoms with Crippen LogP contribution in [0, 0.1) is 0 Å². The Morgan fingerprint density at radius 2 is 2.05 bits per heavy atom. The van der Waals surface area contributed by atoms with Gasteiger partial charge in [0.2, 0.25) is 0 Å². The molecule has 2 heterocycles. The number of nitrogens with zero attached hydrogens (tertiary/aromatic N) is 2. The van der Waals surface area contributed by atoms with E-state index in [1.54, 1.807) is 0 Å². The Balaban J connectivity index is 2.63. The highest BCUT2D eigenvalue weighted by molar-refractivity contribution is 7.91. The van der Waals surface area contributed by atoms with Crippen molar-refractivity contribution >= 4 is 27.0 Å². The summed E-state index contributed by atoms with van der Waals surface area (Å²) in [4.78, 5) is 21.7. The van der Waals surface area contributed by atoms with Gasteiger partial charge in [-0.05, 0) is 19.9 Å². The highest BCUT2D eigenvalue weighted by Gasteiger charge is 2.35. The molecule has 2 aromatic rings. The van der Waals surface area contributed by atoms with Crippen LogP contribution in [0.5, 0.6) is 0 Å². The van der Waals surface area contributed by atoms with Crippen LogP contribution >= 0.6 is 0 Å². The number of fused-ring (bicyclic) bond motifs is 1. The quantitative estimate of drug-likeness (QED) is 0.866. The molecule has 2 N–H and O–H groups in total. The van der Waals surface area contributed by atoms with E-state index in [1.165, 1.54) is 26.1 Å². The molecule has 2 rings (SSSR count). The third-order valence-electron chi connectivity index (χ3n) is 3.08. The fraction of sp³-hybridized carbons (Fsp3) is 0.364. The zero-order chi connectivity index (χ0) is 14.4. The molecular formula is C11H13N3O4S. The maximum atomic E-state index is 11.7. The zero-order valence-corrected chi connectivity index (χ0v) is 11.4. The predicted octanol–water partition coefficient (Wildman–Crippen LogP) is 0.936. The fourth-order valence-corrected chi connectivity index (χ4v) is 1.93. The Hall–Kier alpha value is -1.96. The van der Waals surface area contributed by atoms with E-state index in [0.29, 0.717) is 5.52 Å². The van der Waals surface area contributed by atoms with Crippen LogP contribution in [-0.2, 0) is 14.6 Å². The molecule has 7 nitrogen and oxygen atoms in total. The topological polar surface area (TPSA) is 113 Å². The van der Waals surface area contributed by atoms with Crippen LogP contribution in [0.15, 0.2) is 12.3 Å². The molecule has 0 radical (unpaired) electrons. The second-order valence-corrected chi connectivity index (χ2v) is 7.33. The summed E-state index contributed by atoms with van der Waals surface area (Å²) < 4.78 is 22.3. The van der Waals surface area contributed by atoms with Crippen molar-refractivity contribution in [2.75, 3.05) is 6.26 Å². The van der Waals surface area contributed by atoms with Gasteiger partial charge in [-0.25, -0.2) is 23.2 Å². The normalized spacial score (nSPS) is 12.8. The Labute approximate surface area is 109 Å². The minimum atomic E-state index is -3.37. The Kier molecular flexibility index (Phi) is 2.85. The number of carboxylic acids is 1. The third kappa shape index (κ3) is 2.19. The summed E-state index contributed by atoms with van der Waals surface area (Å²) in [6.45, 7) is 3.05. The number of carboxylic acid groups (broad SMARTS) is 1. The van der Waals surface area contributed by atoms with Crippen LogP contribution in [0.4, 0.5) is 0 Å². The lowest BCUT2D eigenvalue weighted by molar-refractivity contribution is 0.0696. The Bertz CT molecular complexity index is 761. The number of aromatic carboxylic acids is 1. The summed E-state index contributed by atoms with van der Waals surface area (Å²) in [5.41, 5.74) is 0.697. The van der Waals surface area contributed by atoms with E-state index >= 15 is 0 Å². The van der Waals surface area contributed by atoms with Gasteiger partial charge < -0.3 is 10.1 Å². The predicted molar refractivity (Wildman–Crippen MR) is 68.7 cm³/mol. The van der Waals surface area contributed by atoms with Crippen LogP contribution in [0.25, 0.3) is 11.2 Å². The molecule has 0 aliphatic heterocycles. The highest BCUT2D eigenvalue weighted by atomic mass is 32.2. The molecule has 2 aromatic heterocycles. The lowest BCUT2D eigenvalue weighted by Gasteiger charge is -2.19. The average Bonchev–Trinajstić information content (AvgIpc) is 2.70. The van der Waals surface area contributed by atoms with Crippen LogP contribution in [0.2, 0.25) is 0 Å². The van der Waals surface area contributed by atoms with Crippen molar-refractivity contribution in [2.45, 2.75) is 18.6 Å². The van der Waals surface area contributed by atoms with Gasteiger partial charge in [0.05, 0.1) is 11.1 Å². The molecule has 19 heavy (non-hydrogen) atoms. The van der Waals surface area contributed by atoms with E-state index in [2.05, 4.69) is 15.0 Å². The number of aromatic amines is 1. The van der Waals surface area contributed by atoms with Crippen molar-refractivity contribution in [1.29, 1.82) is 0 Å². The smallest absolute Gasteiger partial charge is 0.337 e. The number of sulfone groups is 1. The lowest BCUT2D eigenvalue weighted by atomic mass is 10.2. The van der Waals surface area contributed by atoms with Gasteiger partial charge in [-0.15, -0.1) is 0 Å². The first-order valence-electron chi connectivity index (χ1n) is 5.42. The summed E-state index contributed by atoms with van der Waals surface area (Å²) in [5.74, 6) is -0.868. The molecule has 0 aliphatic carbocycles. The van der Waals surface area contributed by atoms with Crippen molar-refractivity contribution in [3.8, 4) is 0 Å². The molecule has 0 bridgehead atoms. The van der Waals surface area contributed by atoms with Gasteiger partial charge in [0.25, 0.3) is 0 Å². The minimum absolute atomic E-state index is 0.0138. The van der Waals surface area contributed by atoms with Crippen LogP contribution in [0.1, 0.15) is 30.0 Å². The van der Waals surface area contributed by atoms with Crippen LogP contribution in [0.3, 0.4) is 0 Å². The molecule has 0 spiro atoms. The first-order valence-corrected chi connectivity index (χ1v) is 7.31. The van der Waals surface area contributed by atoms with Gasteiger partial charge in [-0.2, -0.15) is 0 Å². The number of carbonyl (C=O) groups is 1. The van der Waals surface area contributed by atoms with E-state index in [4.69, 9.17) is 5.11 Å². The minimum Gasteiger partial charge on any atom is -0.478 e. The van der Waals surface area contributed by atoms with Crippen molar-refractivity contribution in [1.82, 2.24) is 15.0 Å². The second-order valence-electron chi connectivity index (χ2n) is 4.77. The lowest BCUT2D eigenvalue weighted by Crippen LogP contribution is -2.29. The van der Waals surface area contributed by atoms with Gasteiger partial charge >= 0.3 is 5.97 Å². The molecule has 0 aromatic carbocycles. The number of hydrogen-bond acceptors (Lipinski definition) is 5. The second kappa shape index (κ2) is 4.02. The van der Waals surface area contributed by atoms with Crippen LogP contribution in [-0.4, -0.2) is 40.7 Å². The molecule has 0 atom stereocenters. The van der Waals surface area contributed by atoms with Crippen molar-refractivity contribution in [3.63, 3.8) is 0 Å². The van der Waals surface area contributed by atoms with E-state index in [-0.39, 0.29) is 17.0 Å². The molecule has 0 saturated heterocycles. The molecule has 0 aliphatic rings. The van der Waals surface area contributed by atoms with Gasteiger partial charge in [-0.3, -0.25) is 0 Å². The maximum absolute atomic E-state index is 11.7. The van der Waals surface area contributed by atoms with E-state index in [0.717, 1.165) is 6.26 Å². The number of aromatic nitrogens is 3. The van der Waals surface area contributed by atoms with Gasteiger partial charge in [0, 0.05) is 12.5 Å². The summed E-state index contributed by atoms with van der Waals surface area (Å²) in [6.07, 6.45) is 2.30. The molecule has 0 amide bonds. The van der Waals surface area contributed by atoms with Crippen molar-refractivity contribution in [3.05, 3.63) is 23.7 Å². The number of H-pyrrole nitrogens is 1. The average molecular weight is 283 g/mol. The Morgan fingerprint density at radius 1 is 1.42 bits per heavy atom. The molecule has 102 valence electrons. The number of nitrogens with one attached hydrogen (secondary N) is 1. The van der Waals surface area contributed by atoms with E-state index in [1.807, 2.05) is 0 Å². The van der Waals surface area contributed by atoms with Crippen LogP contribution < -0.4 is 0 Å². The van der Waals surface area contributed by atoms with Gasteiger partial charge in [0.1, 0.15) is 10.6 Å². The standard InChI is InChI=1S/C11H13N3O4S/c1-11(2,19(3,17)18)10-13-7-4-6(9(15)16)5-12-8(7)14-10/h4-5H,1-3H3,(H,15,16)(H,12,13,14).